The molecule has 0 radical (unpaired) electrons. The first-order valence-corrected chi connectivity index (χ1v) is 6.38. The Balaban J connectivity index is 2.23. The molecule has 2 nitrogen and oxygen atoms in total. The van der Waals surface area contributed by atoms with E-state index in [1.165, 1.54) is 12.1 Å². The summed E-state index contributed by atoms with van der Waals surface area (Å²) >= 11 is 8.23. The first-order valence-electron chi connectivity index (χ1n) is 5.18. The lowest BCUT2D eigenvalue weighted by Gasteiger charge is -2.09. The first kappa shape index (κ1) is 13.0. The van der Waals surface area contributed by atoms with Gasteiger partial charge in [-0.05, 0) is 58.4 Å². The van der Waals surface area contributed by atoms with Crippen LogP contribution in [0.25, 0.3) is 0 Å². The van der Waals surface area contributed by atoms with Gasteiger partial charge in [0.2, 0.25) is 0 Å². The van der Waals surface area contributed by atoms with E-state index in [0.717, 1.165) is 15.7 Å². The third-order valence-electron chi connectivity index (χ3n) is 2.38. The molecule has 0 saturated heterocycles. The first-order chi connectivity index (χ1) is 8.56. The molecule has 0 fully saturated rings. The maximum Gasteiger partial charge on any atom is 0.125 e. The summed E-state index contributed by atoms with van der Waals surface area (Å²) in [4.78, 5) is 0.355. The Labute approximate surface area is 118 Å². The molecule has 0 spiro atoms. The van der Waals surface area contributed by atoms with Crippen molar-refractivity contribution in [3.63, 3.8) is 0 Å². The molecule has 0 aliphatic rings. The van der Waals surface area contributed by atoms with Crippen LogP contribution >= 0.6 is 28.1 Å². The van der Waals surface area contributed by atoms with Crippen LogP contribution in [0, 0.1) is 5.82 Å². The van der Waals surface area contributed by atoms with Crippen molar-refractivity contribution in [3.05, 3.63) is 58.3 Å². The fourth-order valence-electron chi connectivity index (χ4n) is 1.47. The van der Waals surface area contributed by atoms with Crippen molar-refractivity contribution >= 4 is 44.5 Å². The van der Waals surface area contributed by atoms with E-state index in [2.05, 4.69) is 21.2 Å². The van der Waals surface area contributed by atoms with Crippen LogP contribution in [-0.2, 0) is 0 Å². The summed E-state index contributed by atoms with van der Waals surface area (Å²) in [5, 5.41) is 3.11. The molecule has 0 saturated carbocycles. The van der Waals surface area contributed by atoms with Crippen molar-refractivity contribution in [2.24, 2.45) is 5.73 Å². The molecule has 0 heterocycles. The van der Waals surface area contributed by atoms with E-state index in [1.807, 2.05) is 24.3 Å². The highest BCUT2D eigenvalue weighted by Crippen LogP contribution is 2.26. The van der Waals surface area contributed by atoms with Gasteiger partial charge in [-0.15, -0.1) is 0 Å². The third-order valence-corrected chi connectivity index (χ3v) is 3.30. The highest BCUT2D eigenvalue weighted by atomic mass is 79.9. The van der Waals surface area contributed by atoms with Crippen LogP contribution in [0.15, 0.2) is 46.9 Å². The lowest BCUT2D eigenvalue weighted by atomic mass is 10.2. The Bertz CT molecular complexity index is 584. The van der Waals surface area contributed by atoms with Crippen LogP contribution in [0.5, 0.6) is 0 Å². The van der Waals surface area contributed by atoms with Gasteiger partial charge in [0.05, 0.1) is 5.69 Å². The summed E-state index contributed by atoms with van der Waals surface area (Å²) in [6.07, 6.45) is 0. The molecule has 2 aromatic rings. The van der Waals surface area contributed by atoms with Crippen LogP contribution in [0.1, 0.15) is 5.56 Å². The molecule has 0 aliphatic heterocycles. The molecule has 0 amide bonds. The van der Waals surface area contributed by atoms with Crippen molar-refractivity contribution in [3.8, 4) is 0 Å². The van der Waals surface area contributed by atoms with Gasteiger partial charge < -0.3 is 11.1 Å². The summed E-state index contributed by atoms with van der Waals surface area (Å²) < 4.78 is 13.9. The van der Waals surface area contributed by atoms with Gasteiger partial charge in [0.15, 0.2) is 0 Å². The number of nitrogens with two attached hydrogens (primary N) is 1. The second kappa shape index (κ2) is 5.46. The summed E-state index contributed by atoms with van der Waals surface area (Å²) in [5.74, 6) is -0.291. The smallest absolute Gasteiger partial charge is 0.125 e. The summed E-state index contributed by atoms with van der Waals surface area (Å²) in [6, 6.07) is 11.8. The zero-order chi connectivity index (χ0) is 13.1. The number of hydrogen-bond acceptors (Lipinski definition) is 2. The highest BCUT2D eigenvalue weighted by molar-refractivity contribution is 9.10. The van der Waals surface area contributed by atoms with Gasteiger partial charge in [-0.25, -0.2) is 4.39 Å². The average Bonchev–Trinajstić information content (AvgIpc) is 2.34. The van der Waals surface area contributed by atoms with Crippen molar-refractivity contribution < 1.29 is 4.39 Å². The molecule has 0 aliphatic carbocycles. The van der Waals surface area contributed by atoms with E-state index in [-0.39, 0.29) is 5.82 Å². The van der Waals surface area contributed by atoms with Crippen LogP contribution < -0.4 is 11.1 Å². The van der Waals surface area contributed by atoms with E-state index < -0.39 is 0 Å². The fraction of sp³-hybridized carbons (Fsp3) is 0. The molecule has 0 unspecified atom stereocenters. The van der Waals surface area contributed by atoms with E-state index in [9.17, 15) is 4.39 Å². The maximum atomic E-state index is 13.1. The number of nitrogens with one attached hydrogen (secondary N) is 1. The lowest BCUT2D eigenvalue weighted by molar-refractivity contribution is 0.628. The van der Waals surface area contributed by atoms with Gasteiger partial charge >= 0.3 is 0 Å². The molecular weight excluding hydrogens is 315 g/mol. The largest absolute Gasteiger partial charge is 0.389 e. The van der Waals surface area contributed by atoms with E-state index in [0.29, 0.717) is 10.7 Å². The zero-order valence-electron chi connectivity index (χ0n) is 9.28. The Hall–Kier alpha value is -1.46. The number of benzene rings is 2. The number of anilines is 2. The molecule has 18 heavy (non-hydrogen) atoms. The number of halogens is 2. The fourth-order valence-corrected chi connectivity index (χ4v) is 1.95. The Morgan fingerprint density at radius 3 is 2.44 bits per heavy atom. The Morgan fingerprint density at radius 1 is 1.17 bits per heavy atom. The molecule has 0 bridgehead atoms. The van der Waals surface area contributed by atoms with Gasteiger partial charge in [0.1, 0.15) is 10.8 Å². The topological polar surface area (TPSA) is 38.0 Å². The summed E-state index contributed by atoms with van der Waals surface area (Å²) in [7, 11) is 0. The monoisotopic (exact) mass is 324 g/mol. The van der Waals surface area contributed by atoms with Gasteiger partial charge in [-0.3, -0.25) is 0 Å². The minimum atomic E-state index is -0.291. The number of hydrogen-bond donors (Lipinski definition) is 2. The van der Waals surface area contributed by atoms with E-state index in [1.54, 1.807) is 6.07 Å². The normalized spacial score (nSPS) is 10.1. The SMILES string of the molecule is NC(=S)c1ccc(Nc2cc(F)ccc2Br)cc1. The van der Waals surface area contributed by atoms with Crippen molar-refractivity contribution in [2.45, 2.75) is 0 Å². The molecular formula is C13H10BrFN2S. The average molecular weight is 325 g/mol. The lowest BCUT2D eigenvalue weighted by Crippen LogP contribution is -2.08. The molecule has 2 aromatic carbocycles. The third kappa shape index (κ3) is 3.05. The van der Waals surface area contributed by atoms with Crippen LogP contribution in [-0.4, -0.2) is 4.99 Å². The zero-order valence-corrected chi connectivity index (χ0v) is 11.7. The van der Waals surface area contributed by atoms with E-state index >= 15 is 0 Å². The Morgan fingerprint density at radius 2 is 1.83 bits per heavy atom. The minimum absolute atomic E-state index is 0.291. The predicted molar refractivity (Wildman–Crippen MR) is 79.7 cm³/mol. The number of thiocarbonyl (C=S) groups is 1. The number of rotatable bonds is 3. The molecule has 0 atom stereocenters. The summed E-state index contributed by atoms with van der Waals surface area (Å²) in [5.41, 5.74) is 7.81. The van der Waals surface area contributed by atoms with Crippen LogP contribution in [0.2, 0.25) is 0 Å². The molecule has 5 heteroatoms. The minimum Gasteiger partial charge on any atom is -0.389 e. The van der Waals surface area contributed by atoms with Gasteiger partial charge in [0.25, 0.3) is 0 Å². The summed E-state index contributed by atoms with van der Waals surface area (Å²) in [6.45, 7) is 0. The standard InChI is InChI=1S/C13H10BrFN2S/c14-11-6-3-9(15)7-12(11)17-10-4-1-8(2-5-10)13(16)18/h1-7,17H,(H2,16,18). The quantitative estimate of drug-likeness (QED) is 0.839. The predicted octanol–water partition coefficient (Wildman–Crippen LogP) is 3.97. The van der Waals surface area contributed by atoms with E-state index in [4.69, 9.17) is 18.0 Å². The van der Waals surface area contributed by atoms with Gasteiger partial charge in [-0.2, -0.15) is 0 Å². The maximum absolute atomic E-state index is 13.1. The van der Waals surface area contributed by atoms with Crippen molar-refractivity contribution in [1.29, 1.82) is 0 Å². The highest BCUT2D eigenvalue weighted by Gasteiger charge is 2.03. The molecule has 0 aromatic heterocycles. The molecule has 92 valence electrons. The second-order valence-corrected chi connectivity index (χ2v) is 4.98. The molecule has 3 N–H and O–H groups in total. The van der Waals surface area contributed by atoms with Gasteiger partial charge in [0, 0.05) is 15.7 Å². The Kier molecular flexibility index (Phi) is 3.93. The van der Waals surface area contributed by atoms with Crippen LogP contribution in [0.4, 0.5) is 15.8 Å². The second-order valence-electron chi connectivity index (χ2n) is 3.69. The van der Waals surface area contributed by atoms with Crippen molar-refractivity contribution in [2.75, 3.05) is 5.32 Å². The van der Waals surface area contributed by atoms with Crippen LogP contribution in [0.3, 0.4) is 0 Å². The van der Waals surface area contributed by atoms with Crippen molar-refractivity contribution in [1.82, 2.24) is 0 Å². The molecule has 2 rings (SSSR count). The van der Waals surface area contributed by atoms with Gasteiger partial charge in [-0.1, -0.05) is 12.2 Å².